The molecule has 0 aliphatic carbocycles. The van der Waals surface area contributed by atoms with Crippen LogP contribution in [0.3, 0.4) is 0 Å². The van der Waals surface area contributed by atoms with Crippen molar-refractivity contribution >= 4 is 22.9 Å². The summed E-state index contributed by atoms with van der Waals surface area (Å²) in [7, 11) is 3.17. The van der Waals surface area contributed by atoms with Crippen molar-refractivity contribution in [2.24, 2.45) is 14.1 Å². The summed E-state index contributed by atoms with van der Waals surface area (Å²) in [4.78, 5) is 29.7. The van der Waals surface area contributed by atoms with Gasteiger partial charge in [-0.15, -0.1) is 0 Å². The zero-order chi connectivity index (χ0) is 18.8. The summed E-state index contributed by atoms with van der Waals surface area (Å²) in [5, 5.41) is 0.785. The second-order valence-electron chi connectivity index (χ2n) is 6.55. The molecule has 3 aromatic rings. The molecule has 2 aromatic heterocycles. The van der Waals surface area contributed by atoms with E-state index in [2.05, 4.69) is 31.0 Å². The van der Waals surface area contributed by atoms with Gasteiger partial charge in [-0.2, -0.15) is 0 Å². The molecule has 138 valence electrons. The van der Waals surface area contributed by atoms with Gasteiger partial charge in [0.15, 0.2) is 16.3 Å². The number of imidazole rings is 1. The molecule has 0 N–H and O–H groups in total. The summed E-state index contributed by atoms with van der Waals surface area (Å²) < 4.78 is 4.55. The first kappa shape index (κ1) is 18.5. The highest BCUT2D eigenvalue weighted by Gasteiger charge is 2.19. The number of rotatable bonds is 6. The molecule has 0 amide bonds. The number of unbranched alkanes of at least 4 members (excludes halogenated alkanes) is 1. The number of thioether (sulfide) groups is 1. The molecule has 0 atom stereocenters. The second kappa shape index (κ2) is 7.53. The Morgan fingerprint density at radius 2 is 1.92 bits per heavy atom. The Hall–Kier alpha value is -2.28. The molecule has 0 fully saturated rings. The highest BCUT2D eigenvalue weighted by molar-refractivity contribution is 7.99. The molecule has 0 aliphatic heterocycles. The van der Waals surface area contributed by atoms with Gasteiger partial charge in [0.2, 0.25) is 0 Å². The maximum absolute atomic E-state index is 12.8. The quantitative estimate of drug-likeness (QED) is 0.493. The van der Waals surface area contributed by atoms with Crippen LogP contribution in [0.1, 0.15) is 30.9 Å². The molecule has 0 saturated carbocycles. The summed E-state index contributed by atoms with van der Waals surface area (Å²) >= 11 is 1.64. The van der Waals surface area contributed by atoms with Crippen molar-refractivity contribution in [3.63, 3.8) is 0 Å². The van der Waals surface area contributed by atoms with Crippen molar-refractivity contribution in [1.29, 1.82) is 0 Å². The van der Waals surface area contributed by atoms with E-state index in [0.29, 0.717) is 17.7 Å². The third-order valence-corrected chi connectivity index (χ3v) is 5.53. The number of nitrogens with zero attached hydrogens (tertiary/aromatic N) is 4. The van der Waals surface area contributed by atoms with E-state index in [9.17, 15) is 9.59 Å². The van der Waals surface area contributed by atoms with Crippen molar-refractivity contribution in [2.45, 2.75) is 38.4 Å². The fourth-order valence-corrected chi connectivity index (χ4v) is 4.06. The molecule has 2 heterocycles. The Labute approximate surface area is 156 Å². The van der Waals surface area contributed by atoms with Gasteiger partial charge >= 0.3 is 5.69 Å². The van der Waals surface area contributed by atoms with Crippen molar-refractivity contribution in [3.05, 3.63) is 56.2 Å². The van der Waals surface area contributed by atoms with Gasteiger partial charge in [-0.25, -0.2) is 9.78 Å². The molecule has 7 heteroatoms. The van der Waals surface area contributed by atoms with Crippen molar-refractivity contribution in [2.75, 3.05) is 5.75 Å². The predicted octanol–water partition coefficient (Wildman–Crippen LogP) is 2.68. The number of aryl methyl sites for hydroxylation is 2. The van der Waals surface area contributed by atoms with Crippen LogP contribution in [0.2, 0.25) is 0 Å². The molecule has 26 heavy (non-hydrogen) atoms. The standard InChI is InChI=1S/C19H24N4O2S/c1-5-6-10-26-18-20-16-15(17(24)22(4)19(25)21(16)3)23(18)12-14-9-7-8-13(2)11-14/h7-9,11H,5-6,10,12H2,1-4H3. The molecule has 0 saturated heterocycles. The molecule has 0 radical (unpaired) electrons. The maximum Gasteiger partial charge on any atom is 0.332 e. The summed E-state index contributed by atoms with van der Waals surface area (Å²) in [6.45, 7) is 4.75. The maximum atomic E-state index is 12.8. The number of hydrogen-bond acceptors (Lipinski definition) is 4. The number of hydrogen-bond donors (Lipinski definition) is 0. The van der Waals surface area contributed by atoms with Crippen molar-refractivity contribution < 1.29 is 0 Å². The Bertz CT molecular complexity index is 1060. The zero-order valence-electron chi connectivity index (χ0n) is 15.7. The third-order valence-electron chi connectivity index (χ3n) is 4.47. The molecule has 3 rings (SSSR count). The van der Waals surface area contributed by atoms with E-state index in [4.69, 9.17) is 0 Å². The topological polar surface area (TPSA) is 61.8 Å². The Morgan fingerprint density at radius 3 is 2.62 bits per heavy atom. The van der Waals surface area contributed by atoms with Crippen LogP contribution in [0.5, 0.6) is 0 Å². The van der Waals surface area contributed by atoms with Gasteiger partial charge in [0, 0.05) is 19.8 Å². The molecular weight excluding hydrogens is 348 g/mol. The third kappa shape index (κ3) is 3.35. The molecule has 1 aromatic carbocycles. The number of aromatic nitrogens is 4. The molecular formula is C19H24N4O2S. The van der Waals surface area contributed by atoms with Gasteiger partial charge in [0.05, 0.1) is 6.54 Å². The lowest BCUT2D eigenvalue weighted by Crippen LogP contribution is -2.37. The summed E-state index contributed by atoms with van der Waals surface area (Å²) in [6.07, 6.45) is 2.18. The van der Waals surface area contributed by atoms with Crippen molar-refractivity contribution in [3.8, 4) is 0 Å². The van der Waals surface area contributed by atoms with Gasteiger partial charge in [-0.3, -0.25) is 13.9 Å². The van der Waals surface area contributed by atoms with E-state index >= 15 is 0 Å². The van der Waals surface area contributed by atoms with E-state index in [1.807, 2.05) is 16.7 Å². The SMILES string of the molecule is CCCCSc1nc2c(c(=O)n(C)c(=O)n2C)n1Cc1cccc(C)c1. The van der Waals surface area contributed by atoms with Crippen LogP contribution in [0.25, 0.3) is 11.2 Å². The first-order valence-corrected chi connectivity index (χ1v) is 9.77. The second-order valence-corrected chi connectivity index (χ2v) is 7.61. The highest BCUT2D eigenvalue weighted by atomic mass is 32.2. The minimum absolute atomic E-state index is 0.300. The monoisotopic (exact) mass is 372 g/mol. The minimum atomic E-state index is -0.354. The molecule has 0 spiro atoms. The van der Waals surface area contributed by atoms with Gasteiger partial charge in [0.25, 0.3) is 5.56 Å². The fraction of sp³-hybridized carbons (Fsp3) is 0.421. The van der Waals surface area contributed by atoms with Crippen LogP contribution in [0.15, 0.2) is 39.0 Å². The van der Waals surface area contributed by atoms with E-state index in [1.54, 1.807) is 18.8 Å². The summed E-state index contributed by atoms with van der Waals surface area (Å²) in [6, 6.07) is 8.22. The van der Waals surface area contributed by atoms with Crippen LogP contribution in [-0.4, -0.2) is 24.4 Å². The van der Waals surface area contributed by atoms with E-state index in [1.165, 1.54) is 17.2 Å². The van der Waals surface area contributed by atoms with Gasteiger partial charge in [-0.1, -0.05) is 54.9 Å². The van der Waals surface area contributed by atoms with Crippen LogP contribution in [0.4, 0.5) is 0 Å². The number of fused-ring (bicyclic) bond motifs is 1. The molecule has 6 nitrogen and oxygen atoms in total. The Morgan fingerprint density at radius 1 is 1.15 bits per heavy atom. The van der Waals surface area contributed by atoms with Gasteiger partial charge in [0.1, 0.15) is 0 Å². The summed E-state index contributed by atoms with van der Waals surface area (Å²) in [5.41, 5.74) is 2.56. The predicted molar refractivity (Wildman–Crippen MR) is 106 cm³/mol. The van der Waals surface area contributed by atoms with Gasteiger partial charge in [-0.05, 0) is 18.9 Å². The van der Waals surface area contributed by atoms with Crippen LogP contribution in [-0.2, 0) is 20.6 Å². The van der Waals surface area contributed by atoms with E-state index in [-0.39, 0.29) is 11.2 Å². The van der Waals surface area contributed by atoms with Crippen molar-refractivity contribution in [1.82, 2.24) is 18.7 Å². The largest absolute Gasteiger partial charge is 0.332 e. The zero-order valence-corrected chi connectivity index (χ0v) is 16.5. The fourth-order valence-electron chi connectivity index (χ4n) is 2.98. The Kier molecular flexibility index (Phi) is 5.36. The van der Waals surface area contributed by atoms with Crippen LogP contribution < -0.4 is 11.2 Å². The molecule has 0 unspecified atom stereocenters. The lowest BCUT2D eigenvalue weighted by Gasteiger charge is -2.10. The molecule has 0 bridgehead atoms. The average molecular weight is 372 g/mol. The van der Waals surface area contributed by atoms with E-state index < -0.39 is 0 Å². The van der Waals surface area contributed by atoms with Crippen LogP contribution >= 0.6 is 11.8 Å². The average Bonchev–Trinajstić information content (AvgIpc) is 2.97. The lowest BCUT2D eigenvalue weighted by molar-refractivity contribution is 0.696. The van der Waals surface area contributed by atoms with Gasteiger partial charge < -0.3 is 4.57 Å². The molecule has 0 aliphatic rings. The number of benzene rings is 1. The highest BCUT2D eigenvalue weighted by Crippen LogP contribution is 2.24. The first-order chi connectivity index (χ1) is 12.4. The van der Waals surface area contributed by atoms with E-state index in [0.717, 1.165) is 33.9 Å². The van der Waals surface area contributed by atoms with Crippen LogP contribution in [0, 0.1) is 6.92 Å². The smallest absolute Gasteiger partial charge is 0.309 e. The normalized spacial score (nSPS) is 11.4. The Balaban J connectivity index is 2.21. The minimum Gasteiger partial charge on any atom is -0.309 e. The summed E-state index contributed by atoms with van der Waals surface area (Å²) in [5.74, 6) is 0.932. The lowest BCUT2D eigenvalue weighted by atomic mass is 10.1. The first-order valence-electron chi connectivity index (χ1n) is 8.78.